The fourth-order valence-corrected chi connectivity index (χ4v) is 1.10. The van der Waals surface area contributed by atoms with Gasteiger partial charge in [0.25, 0.3) is 5.91 Å². The van der Waals surface area contributed by atoms with E-state index in [2.05, 4.69) is 15.6 Å². The minimum atomic E-state index is -4.48. The van der Waals surface area contributed by atoms with E-state index < -0.39 is 17.8 Å². The van der Waals surface area contributed by atoms with E-state index in [1.165, 1.54) is 0 Å². The van der Waals surface area contributed by atoms with Crippen LogP contribution in [-0.2, 0) is 6.18 Å². The van der Waals surface area contributed by atoms with Crippen LogP contribution in [0.15, 0.2) is 18.3 Å². The number of rotatable bonds is 4. The number of alkyl halides is 3. The molecule has 9 heteroatoms. The predicted molar refractivity (Wildman–Crippen MR) is 70.0 cm³/mol. The Hall–Kier alpha value is -1.05. The molecule has 1 rings (SSSR count). The molecule has 1 heterocycles. The van der Waals surface area contributed by atoms with E-state index in [0.29, 0.717) is 13.1 Å². The summed E-state index contributed by atoms with van der Waals surface area (Å²) in [5.74, 6) is -0.443. The highest BCUT2D eigenvalue weighted by molar-refractivity contribution is 5.93. The molecule has 0 fully saturated rings. The Morgan fingerprint density at radius 1 is 1.26 bits per heavy atom. The summed E-state index contributed by atoms with van der Waals surface area (Å²) >= 11 is 0. The Labute approximate surface area is 121 Å². The highest BCUT2D eigenvalue weighted by Gasteiger charge is 2.32. The Morgan fingerprint density at radius 2 is 1.89 bits per heavy atom. The third-order valence-electron chi connectivity index (χ3n) is 1.98. The molecule has 0 aliphatic carbocycles. The maximum atomic E-state index is 12.2. The monoisotopic (exact) mass is 319 g/mol. The van der Waals surface area contributed by atoms with Crippen molar-refractivity contribution in [3.8, 4) is 0 Å². The lowest BCUT2D eigenvalue weighted by molar-refractivity contribution is -0.141. The molecule has 0 spiro atoms. The van der Waals surface area contributed by atoms with E-state index in [9.17, 15) is 18.0 Å². The van der Waals surface area contributed by atoms with Gasteiger partial charge in [0.05, 0.1) is 5.56 Å². The van der Waals surface area contributed by atoms with Gasteiger partial charge in [-0.15, -0.1) is 24.8 Å². The number of carbonyl (C=O) groups excluding carboxylic acids is 1. The van der Waals surface area contributed by atoms with Crippen LogP contribution in [0.3, 0.4) is 0 Å². The maximum Gasteiger partial charge on any atom is 0.433 e. The van der Waals surface area contributed by atoms with Crippen LogP contribution in [-0.4, -0.2) is 31.0 Å². The van der Waals surface area contributed by atoms with Crippen LogP contribution >= 0.6 is 24.8 Å². The zero-order chi connectivity index (χ0) is 12.9. The van der Waals surface area contributed by atoms with Gasteiger partial charge in [-0.2, -0.15) is 13.2 Å². The average molecular weight is 320 g/mol. The van der Waals surface area contributed by atoms with Gasteiger partial charge in [0.1, 0.15) is 5.69 Å². The van der Waals surface area contributed by atoms with Crippen molar-refractivity contribution < 1.29 is 18.0 Å². The standard InChI is InChI=1S/C10H12F3N3O.2ClH/c1-14-4-5-15-9(17)7-2-3-8(16-6-7)10(11,12)13;;/h2-3,6,14H,4-5H2,1H3,(H,15,17);2*1H. The van der Waals surface area contributed by atoms with Crippen LogP contribution in [0.2, 0.25) is 0 Å². The topological polar surface area (TPSA) is 54.0 Å². The minimum absolute atomic E-state index is 0. The molecule has 0 unspecified atom stereocenters. The summed E-state index contributed by atoms with van der Waals surface area (Å²) in [5, 5.41) is 5.36. The Kier molecular flexibility index (Phi) is 9.55. The van der Waals surface area contributed by atoms with E-state index >= 15 is 0 Å². The molecule has 0 aliphatic rings. The van der Waals surface area contributed by atoms with Crippen molar-refractivity contribution in [2.24, 2.45) is 0 Å². The van der Waals surface area contributed by atoms with Gasteiger partial charge in [0.15, 0.2) is 0 Å². The molecule has 110 valence electrons. The maximum absolute atomic E-state index is 12.2. The second-order valence-electron chi connectivity index (χ2n) is 3.29. The van der Waals surface area contributed by atoms with Crippen LogP contribution < -0.4 is 10.6 Å². The van der Waals surface area contributed by atoms with Crippen molar-refractivity contribution in [2.45, 2.75) is 6.18 Å². The van der Waals surface area contributed by atoms with Gasteiger partial charge in [0, 0.05) is 19.3 Å². The Balaban J connectivity index is 0. The van der Waals surface area contributed by atoms with E-state index in [0.717, 1.165) is 18.3 Å². The molecule has 0 aromatic carbocycles. The number of carbonyl (C=O) groups is 1. The first-order valence-corrected chi connectivity index (χ1v) is 4.91. The zero-order valence-electron chi connectivity index (χ0n) is 9.95. The molecule has 0 bridgehead atoms. The lowest BCUT2D eigenvalue weighted by Crippen LogP contribution is -2.30. The largest absolute Gasteiger partial charge is 0.433 e. The minimum Gasteiger partial charge on any atom is -0.351 e. The molecule has 1 aromatic heterocycles. The normalized spacial score (nSPS) is 10.1. The molecule has 1 amide bonds. The van der Waals surface area contributed by atoms with Crippen LogP contribution in [0.1, 0.15) is 16.1 Å². The number of nitrogens with one attached hydrogen (secondary N) is 2. The molecule has 0 aliphatic heterocycles. The van der Waals surface area contributed by atoms with E-state index in [1.807, 2.05) is 0 Å². The van der Waals surface area contributed by atoms with Crippen molar-refractivity contribution >= 4 is 30.7 Å². The Bertz CT molecular complexity index is 385. The van der Waals surface area contributed by atoms with Crippen LogP contribution in [0.4, 0.5) is 13.2 Å². The fraction of sp³-hybridized carbons (Fsp3) is 0.400. The van der Waals surface area contributed by atoms with Crippen molar-refractivity contribution in [1.29, 1.82) is 0 Å². The van der Waals surface area contributed by atoms with Gasteiger partial charge in [-0.3, -0.25) is 9.78 Å². The number of amides is 1. The number of aromatic nitrogens is 1. The lowest BCUT2D eigenvalue weighted by atomic mass is 10.2. The number of hydrogen-bond acceptors (Lipinski definition) is 3. The molecule has 1 aromatic rings. The highest BCUT2D eigenvalue weighted by Crippen LogP contribution is 2.27. The second-order valence-corrected chi connectivity index (χ2v) is 3.29. The molecule has 2 N–H and O–H groups in total. The smallest absolute Gasteiger partial charge is 0.351 e. The summed E-state index contributed by atoms with van der Waals surface area (Å²) in [4.78, 5) is 14.6. The first-order chi connectivity index (χ1) is 7.95. The number of pyridine rings is 1. The van der Waals surface area contributed by atoms with Crippen molar-refractivity contribution in [2.75, 3.05) is 20.1 Å². The molecule has 19 heavy (non-hydrogen) atoms. The number of halogens is 5. The summed E-state index contributed by atoms with van der Waals surface area (Å²) in [5.41, 5.74) is -0.904. The van der Waals surface area contributed by atoms with E-state index in [4.69, 9.17) is 0 Å². The molecule has 0 radical (unpaired) electrons. The van der Waals surface area contributed by atoms with Gasteiger partial charge in [-0.25, -0.2) is 0 Å². The third kappa shape index (κ3) is 6.60. The van der Waals surface area contributed by atoms with Gasteiger partial charge in [0.2, 0.25) is 0 Å². The summed E-state index contributed by atoms with van der Waals surface area (Å²) in [6.07, 6.45) is -3.57. The van der Waals surface area contributed by atoms with Gasteiger partial charge >= 0.3 is 6.18 Å². The first-order valence-electron chi connectivity index (χ1n) is 4.91. The summed E-state index contributed by atoms with van der Waals surface area (Å²) in [7, 11) is 1.73. The fourth-order valence-electron chi connectivity index (χ4n) is 1.10. The summed E-state index contributed by atoms with van der Waals surface area (Å²) in [6.45, 7) is 0.982. The SMILES string of the molecule is CNCCNC(=O)c1ccc(C(F)(F)F)nc1.Cl.Cl. The van der Waals surface area contributed by atoms with Gasteiger partial charge in [-0.05, 0) is 19.2 Å². The quantitative estimate of drug-likeness (QED) is 0.833. The average Bonchev–Trinajstić information content (AvgIpc) is 2.28. The third-order valence-corrected chi connectivity index (χ3v) is 1.98. The Morgan fingerprint density at radius 3 is 2.32 bits per heavy atom. The molecular formula is C10H14Cl2F3N3O. The number of likely N-dealkylation sites (N-methyl/N-ethyl adjacent to an activating group) is 1. The molecule has 0 saturated heterocycles. The zero-order valence-corrected chi connectivity index (χ0v) is 11.6. The first kappa shape index (κ1) is 20.3. The number of nitrogens with zero attached hydrogens (tertiary/aromatic N) is 1. The van der Waals surface area contributed by atoms with Crippen LogP contribution in [0, 0.1) is 0 Å². The summed E-state index contributed by atoms with van der Waals surface area (Å²) < 4.78 is 36.6. The van der Waals surface area contributed by atoms with Gasteiger partial charge in [-0.1, -0.05) is 0 Å². The highest BCUT2D eigenvalue weighted by atomic mass is 35.5. The van der Waals surface area contributed by atoms with Crippen molar-refractivity contribution in [1.82, 2.24) is 15.6 Å². The van der Waals surface area contributed by atoms with Gasteiger partial charge < -0.3 is 10.6 Å². The molecule has 0 saturated carbocycles. The molecule has 0 atom stereocenters. The van der Waals surface area contributed by atoms with E-state index in [1.54, 1.807) is 7.05 Å². The lowest BCUT2D eigenvalue weighted by Gasteiger charge is -2.07. The van der Waals surface area contributed by atoms with E-state index in [-0.39, 0.29) is 30.4 Å². The molecule has 4 nitrogen and oxygen atoms in total. The van der Waals surface area contributed by atoms with Crippen LogP contribution in [0.5, 0.6) is 0 Å². The second kappa shape index (κ2) is 8.95. The van der Waals surface area contributed by atoms with Crippen molar-refractivity contribution in [3.05, 3.63) is 29.6 Å². The van der Waals surface area contributed by atoms with Crippen LogP contribution in [0.25, 0.3) is 0 Å². The van der Waals surface area contributed by atoms with Crippen molar-refractivity contribution in [3.63, 3.8) is 0 Å². The summed E-state index contributed by atoms with van der Waals surface area (Å²) in [6, 6.07) is 1.89. The molecular weight excluding hydrogens is 306 g/mol. The number of hydrogen-bond donors (Lipinski definition) is 2. The predicted octanol–water partition coefficient (Wildman–Crippen LogP) is 1.89.